The fourth-order valence-corrected chi connectivity index (χ4v) is 1.62. The zero-order chi connectivity index (χ0) is 14.5. The van der Waals surface area contributed by atoms with Crippen molar-refractivity contribution in [2.45, 2.75) is 19.4 Å². The third-order valence-electron chi connectivity index (χ3n) is 2.74. The van der Waals surface area contributed by atoms with Gasteiger partial charge in [0.1, 0.15) is 6.04 Å². The van der Waals surface area contributed by atoms with Crippen LogP contribution in [0.3, 0.4) is 0 Å². The molecule has 0 fully saturated rings. The first-order valence-corrected chi connectivity index (χ1v) is 6.13. The first-order valence-electron chi connectivity index (χ1n) is 6.13. The maximum atomic E-state index is 10.7. The smallest absolute Gasteiger partial charge is 0.320 e. The van der Waals surface area contributed by atoms with Crippen LogP contribution in [0, 0.1) is 6.92 Å². The summed E-state index contributed by atoms with van der Waals surface area (Å²) in [6, 6.07) is 6.49. The first-order chi connectivity index (χ1) is 9.54. The average Bonchev–Trinajstić information content (AvgIpc) is 2.43. The topological polar surface area (TPSA) is 128 Å². The van der Waals surface area contributed by atoms with Crippen molar-refractivity contribution in [1.82, 2.24) is 20.3 Å². The molecule has 1 atom stereocenters. The van der Waals surface area contributed by atoms with Gasteiger partial charge in [0, 0.05) is 11.9 Å². The van der Waals surface area contributed by atoms with Crippen LogP contribution in [-0.4, -0.2) is 37.4 Å². The van der Waals surface area contributed by atoms with Gasteiger partial charge in [-0.2, -0.15) is 0 Å². The molecule has 0 saturated heterocycles. The first kappa shape index (κ1) is 13.8. The van der Waals surface area contributed by atoms with Crippen LogP contribution in [0.25, 0.3) is 0 Å². The van der Waals surface area contributed by atoms with Crippen molar-refractivity contribution in [3.63, 3.8) is 0 Å². The number of carbonyl (C=O) groups is 1. The number of rotatable bonds is 5. The van der Waals surface area contributed by atoms with Crippen molar-refractivity contribution in [3.8, 4) is 0 Å². The number of hydrogen-bond acceptors (Lipinski definition) is 3. The lowest BCUT2D eigenvalue weighted by Crippen LogP contribution is -2.32. The normalized spacial score (nSPS) is 11.9. The van der Waals surface area contributed by atoms with Gasteiger partial charge in [-0.15, -0.1) is 4.91 Å². The van der Waals surface area contributed by atoms with Crippen LogP contribution in [0.5, 0.6) is 0 Å². The van der Waals surface area contributed by atoms with Gasteiger partial charge in [0.05, 0.1) is 5.69 Å². The molecular weight excluding hydrogens is 260 g/mol. The van der Waals surface area contributed by atoms with Crippen LogP contribution in [0.1, 0.15) is 11.3 Å². The maximum Gasteiger partial charge on any atom is 0.320 e. The molecule has 0 bridgehead atoms. The van der Waals surface area contributed by atoms with Gasteiger partial charge >= 0.3 is 5.97 Å². The van der Waals surface area contributed by atoms with Gasteiger partial charge in [0.2, 0.25) is 0 Å². The second-order valence-electron chi connectivity index (χ2n) is 4.49. The van der Waals surface area contributed by atoms with Gasteiger partial charge in [-0.25, -0.2) is 5.21 Å². The molecule has 0 amide bonds. The standard InChI is InChI=1S/C12H18N6O2/c1-8-7-14-18(17-15-8)16-10-4-2-9(3-5-10)6-11(13)12(19)20/h2-5,7,11,14-17H,6,13H2,1H3,(H,19,20). The number of carboxylic acid groups (broad SMARTS) is 1. The number of benzene rings is 1. The number of aromatic amines is 3. The third-order valence-corrected chi connectivity index (χ3v) is 2.74. The van der Waals surface area contributed by atoms with Crippen molar-refractivity contribution in [2.75, 3.05) is 5.43 Å². The van der Waals surface area contributed by atoms with E-state index in [4.69, 9.17) is 10.8 Å². The molecule has 108 valence electrons. The van der Waals surface area contributed by atoms with E-state index < -0.39 is 12.0 Å². The molecule has 0 radical (unpaired) electrons. The van der Waals surface area contributed by atoms with Crippen molar-refractivity contribution < 1.29 is 9.90 Å². The number of H-pyrrole nitrogens is 3. The van der Waals surface area contributed by atoms with E-state index >= 15 is 0 Å². The Hall–Kier alpha value is -2.61. The number of aromatic nitrogens is 4. The van der Waals surface area contributed by atoms with Gasteiger partial charge in [-0.05, 0) is 31.0 Å². The van der Waals surface area contributed by atoms with Crippen molar-refractivity contribution in [1.29, 1.82) is 0 Å². The lowest BCUT2D eigenvalue weighted by molar-refractivity contribution is -0.138. The van der Waals surface area contributed by atoms with Gasteiger partial charge in [-0.3, -0.25) is 20.4 Å². The number of aryl methyl sites for hydroxylation is 1. The van der Waals surface area contributed by atoms with E-state index in [1.165, 1.54) is 0 Å². The number of nitrogens with two attached hydrogens (primary N) is 1. The van der Waals surface area contributed by atoms with Crippen LogP contribution >= 0.6 is 0 Å². The number of nitrogens with zero attached hydrogens (tertiary/aromatic N) is 1. The number of anilines is 1. The van der Waals surface area contributed by atoms with E-state index in [2.05, 4.69) is 20.8 Å². The SMILES string of the molecule is Cc1c[nH]n(Nc2ccc(CC(N)C(=O)O)cc2)[nH][nH]1. The van der Waals surface area contributed by atoms with Crippen LogP contribution in [0.15, 0.2) is 30.5 Å². The predicted octanol–water partition coefficient (Wildman–Crippen LogP) is 0.735. The van der Waals surface area contributed by atoms with Gasteiger partial charge < -0.3 is 10.8 Å². The van der Waals surface area contributed by atoms with Crippen LogP contribution in [0.4, 0.5) is 5.69 Å². The molecule has 2 rings (SSSR count). The molecule has 7 N–H and O–H groups in total. The third kappa shape index (κ3) is 3.69. The summed E-state index contributed by atoms with van der Waals surface area (Å²) in [5.74, 6) is -0.998. The number of hydrogen-bond donors (Lipinski definition) is 6. The lowest BCUT2D eigenvalue weighted by Gasteiger charge is -2.11. The van der Waals surface area contributed by atoms with E-state index in [1.807, 2.05) is 31.2 Å². The zero-order valence-electron chi connectivity index (χ0n) is 11.1. The molecule has 0 spiro atoms. The summed E-state index contributed by atoms with van der Waals surface area (Å²) < 4.78 is 0. The Balaban J connectivity index is 2.01. The van der Waals surface area contributed by atoms with Crippen LogP contribution in [0.2, 0.25) is 0 Å². The van der Waals surface area contributed by atoms with Gasteiger partial charge in [0.15, 0.2) is 0 Å². The minimum atomic E-state index is -0.998. The molecular formula is C12H18N6O2. The fraction of sp³-hybridized carbons (Fsp3) is 0.250. The summed E-state index contributed by atoms with van der Waals surface area (Å²) >= 11 is 0. The minimum absolute atomic E-state index is 0.305. The molecule has 1 heterocycles. The van der Waals surface area contributed by atoms with Crippen molar-refractivity contribution in [3.05, 3.63) is 41.7 Å². The molecule has 0 aliphatic carbocycles. The van der Waals surface area contributed by atoms with Crippen molar-refractivity contribution in [2.24, 2.45) is 5.73 Å². The molecule has 1 aromatic carbocycles. The van der Waals surface area contributed by atoms with E-state index in [-0.39, 0.29) is 0 Å². The number of aliphatic carboxylic acids is 1. The molecule has 1 aromatic heterocycles. The quantitative estimate of drug-likeness (QED) is 0.482. The summed E-state index contributed by atoms with van der Waals surface area (Å²) in [5.41, 5.74) is 11.2. The van der Waals surface area contributed by atoms with E-state index in [0.29, 0.717) is 6.42 Å². The van der Waals surface area contributed by atoms with Gasteiger partial charge in [-0.1, -0.05) is 12.1 Å². The monoisotopic (exact) mass is 278 g/mol. The van der Waals surface area contributed by atoms with E-state index in [1.54, 1.807) is 11.1 Å². The predicted molar refractivity (Wildman–Crippen MR) is 74.6 cm³/mol. The molecule has 2 aromatic rings. The fourth-order valence-electron chi connectivity index (χ4n) is 1.62. The van der Waals surface area contributed by atoms with E-state index in [0.717, 1.165) is 16.9 Å². The zero-order valence-corrected chi connectivity index (χ0v) is 11.1. The van der Waals surface area contributed by atoms with Crippen LogP contribution < -0.4 is 11.2 Å². The number of carboxylic acids is 1. The Labute approximate surface area is 115 Å². The molecule has 8 nitrogen and oxygen atoms in total. The minimum Gasteiger partial charge on any atom is -0.480 e. The molecule has 0 aliphatic heterocycles. The van der Waals surface area contributed by atoms with Gasteiger partial charge in [0.25, 0.3) is 0 Å². The van der Waals surface area contributed by atoms with E-state index in [9.17, 15) is 4.79 Å². The summed E-state index contributed by atoms with van der Waals surface area (Å²) in [6.45, 7) is 1.91. The highest BCUT2D eigenvalue weighted by Gasteiger charge is 2.11. The number of nitrogens with one attached hydrogen (secondary N) is 4. The lowest BCUT2D eigenvalue weighted by atomic mass is 10.1. The summed E-state index contributed by atoms with van der Waals surface area (Å²) in [4.78, 5) is 12.2. The molecule has 0 aliphatic rings. The Morgan fingerprint density at radius 2 is 2.15 bits per heavy atom. The van der Waals surface area contributed by atoms with Crippen LogP contribution in [-0.2, 0) is 11.2 Å². The Kier molecular flexibility index (Phi) is 4.16. The Bertz CT molecular complexity index is 584. The molecule has 8 heteroatoms. The van der Waals surface area contributed by atoms with Crippen molar-refractivity contribution >= 4 is 11.7 Å². The largest absolute Gasteiger partial charge is 0.480 e. The molecule has 1 unspecified atom stereocenters. The maximum absolute atomic E-state index is 10.7. The summed E-state index contributed by atoms with van der Waals surface area (Å²) in [6.07, 6.45) is 2.10. The highest BCUT2D eigenvalue weighted by molar-refractivity contribution is 5.73. The summed E-state index contributed by atoms with van der Waals surface area (Å²) in [7, 11) is 0. The highest BCUT2D eigenvalue weighted by atomic mass is 16.4. The summed E-state index contributed by atoms with van der Waals surface area (Å²) in [5, 5.41) is 17.5. The highest BCUT2D eigenvalue weighted by Crippen LogP contribution is 2.10. The Morgan fingerprint density at radius 1 is 1.45 bits per heavy atom. The Morgan fingerprint density at radius 3 is 2.70 bits per heavy atom. The molecule has 20 heavy (non-hydrogen) atoms. The second kappa shape index (κ2) is 6.02. The average molecular weight is 278 g/mol. The second-order valence-corrected chi connectivity index (χ2v) is 4.49. The molecule has 0 saturated carbocycles.